The number of oxime groups is 1. The molecule has 0 radical (unpaired) electrons. The number of amidine groups is 1. The maximum atomic E-state index is 12.4. The van der Waals surface area contributed by atoms with Crippen molar-refractivity contribution in [2.45, 2.75) is 58.4 Å². The van der Waals surface area contributed by atoms with E-state index < -0.39 is 5.41 Å². The van der Waals surface area contributed by atoms with E-state index in [0.29, 0.717) is 12.8 Å². The number of nitrogens with one attached hydrogen (secondary N) is 1. The smallest absolute Gasteiger partial charge is 0.234 e. The highest BCUT2D eigenvalue weighted by Crippen LogP contribution is 2.34. The Morgan fingerprint density at radius 1 is 1.47 bits per heavy atom. The van der Waals surface area contributed by atoms with Crippen LogP contribution in [0.2, 0.25) is 0 Å². The van der Waals surface area contributed by atoms with Gasteiger partial charge < -0.3 is 16.3 Å². The highest BCUT2D eigenvalue weighted by molar-refractivity contribution is 6.06. The number of amides is 1. The van der Waals surface area contributed by atoms with Crippen molar-refractivity contribution in [3.8, 4) is 0 Å². The van der Waals surface area contributed by atoms with Gasteiger partial charge >= 0.3 is 0 Å². The van der Waals surface area contributed by atoms with Crippen LogP contribution in [-0.2, 0) is 4.79 Å². The van der Waals surface area contributed by atoms with Gasteiger partial charge in [-0.3, -0.25) is 4.79 Å². The summed E-state index contributed by atoms with van der Waals surface area (Å²) in [5.74, 6) is -0.122. The molecule has 0 unspecified atom stereocenters. The molecule has 1 rings (SSSR count). The molecule has 1 amide bonds. The van der Waals surface area contributed by atoms with E-state index in [0.717, 1.165) is 19.3 Å². The highest BCUT2D eigenvalue weighted by Gasteiger charge is 2.44. The SMILES string of the molecule is CCC(CC)(C(=O)NC1(C)CCC1)C(N)=NO. The van der Waals surface area contributed by atoms with Gasteiger partial charge in [-0.15, -0.1) is 0 Å². The molecule has 0 aromatic heterocycles. The molecule has 17 heavy (non-hydrogen) atoms. The van der Waals surface area contributed by atoms with Gasteiger partial charge in [0.25, 0.3) is 0 Å². The molecule has 5 nitrogen and oxygen atoms in total. The third kappa shape index (κ3) is 2.37. The summed E-state index contributed by atoms with van der Waals surface area (Å²) in [6.07, 6.45) is 4.20. The van der Waals surface area contributed by atoms with Crippen LogP contribution in [0.15, 0.2) is 5.16 Å². The monoisotopic (exact) mass is 241 g/mol. The number of carbonyl (C=O) groups excluding carboxylic acids is 1. The minimum atomic E-state index is -0.882. The molecule has 0 spiro atoms. The molecule has 0 bridgehead atoms. The molecule has 5 heteroatoms. The van der Waals surface area contributed by atoms with Gasteiger partial charge in [0.2, 0.25) is 5.91 Å². The van der Waals surface area contributed by atoms with Crippen LogP contribution < -0.4 is 11.1 Å². The van der Waals surface area contributed by atoms with Gasteiger partial charge in [0.15, 0.2) is 5.84 Å². The van der Waals surface area contributed by atoms with E-state index in [2.05, 4.69) is 10.5 Å². The van der Waals surface area contributed by atoms with Crippen molar-refractivity contribution >= 4 is 11.7 Å². The second kappa shape index (κ2) is 4.94. The molecule has 0 aromatic carbocycles. The molecule has 4 N–H and O–H groups in total. The standard InChI is InChI=1S/C12H23N3O2/c1-4-12(5-2,9(13)15-17)10(16)14-11(3)7-6-8-11/h17H,4-8H2,1-3H3,(H2,13,15)(H,14,16). The summed E-state index contributed by atoms with van der Waals surface area (Å²) in [5.41, 5.74) is 4.70. The van der Waals surface area contributed by atoms with Crippen LogP contribution in [0.5, 0.6) is 0 Å². The largest absolute Gasteiger partial charge is 0.409 e. The Morgan fingerprint density at radius 2 is 2.00 bits per heavy atom. The lowest BCUT2D eigenvalue weighted by Gasteiger charge is -2.42. The van der Waals surface area contributed by atoms with Crippen molar-refractivity contribution in [1.82, 2.24) is 5.32 Å². The zero-order valence-electron chi connectivity index (χ0n) is 10.9. The highest BCUT2D eigenvalue weighted by atomic mass is 16.4. The minimum Gasteiger partial charge on any atom is -0.409 e. The summed E-state index contributed by atoms with van der Waals surface area (Å²) in [5, 5.41) is 14.9. The Bertz CT molecular complexity index is 318. The second-order valence-corrected chi connectivity index (χ2v) is 5.14. The normalized spacial score (nSPS) is 19.6. The average Bonchev–Trinajstić information content (AvgIpc) is 2.28. The third-order valence-corrected chi connectivity index (χ3v) is 4.11. The fourth-order valence-corrected chi connectivity index (χ4v) is 2.37. The predicted molar refractivity (Wildman–Crippen MR) is 66.8 cm³/mol. The number of carbonyl (C=O) groups is 1. The first kappa shape index (κ1) is 13.8. The Labute approximate surface area is 102 Å². The topological polar surface area (TPSA) is 87.7 Å². The molecule has 0 saturated heterocycles. The lowest BCUT2D eigenvalue weighted by Crippen LogP contribution is -2.58. The van der Waals surface area contributed by atoms with Gasteiger partial charge in [0, 0.05) is 5.54 Å². The number of rotatable bonds is 5. The molecule has 1 saturated carbocycles. The molecular formula is C12H23N3O2. The fraction of sp³-hybridized carbons (Fsp3) is 0.833. The zero-order chi connectivity index (χ0) is 13.1. The molecular weight excluding hydrogens is 218 g/mol. The lowest BCUT2D eigenvalue weighted by atomic mass is 9.75. The van der Waals surface area contributed by atoms with Crippen LogP contribution in [0.3, 0.4) is 0 Å². The van der Waals surface area contributed by atoms with E-state index in [1.54, 1.807) is 0 Å². The van der Waals surface area contributed by atoms with Gasteiger partial charge in [-0.1, -0.05) is 19.0 Å². The molecule has 1 aliphatic rings. The first-order valence-electron chi connectivity index (χ1n) is 6.24. The Hall–Kier alpha value is -1.26. The van der Waals surface area contributed by atoms with Crippen molar-refractivity contribution in [3.05, 3.63) is 0 Å². The summed E-state index contributed by atoms with van der Waals surface area (Å²) < 4.78 is 0. The van der Waals surface area contributed by atoms with Crippen LogP contribution in [0.1, 0.15) is 52.9 Å². The van der Waals surface area contributed by atoms with Crippen molar-refractivity contribution in [3.63, 3.8) is 0 Å². The van der Waals surface area contributed by atoms with Gasteiger partial charge in [-0.25, -0.2) is 0 Å². The molecule has 0 aromatic rings. The van der Waals surface area contributed by atoms with Crippen LogP contribution in [0.25, 0.3) is 0 Å². The van der Waals surface area contributed by atoms with Crippen molar-refractivity contribution in [2.24, 2.45) is 16.3 Å². The molecule has 1 fully saturated rings. The minimum absolute atomic E-state index is 0.00271. The van der Waals surface area contributed by atoms with Gasteiger partial charge in [0.1, 0.15) is 5.41 Å². The molecule has 0 atom stereocenters. The molecule has 0 heterocycles. The van der Waals surface area contributed by atoms with E-state index in [1.165, 1.54) is 0 Å². The average molecular weight is 241 g/mol. The summed E-state index contributed by atoms with van der Waals surface area (Å²) in [4.78, 5) is 12.4. The van der Waals surface area contributed by atoms with E-state index in [4.69, 9.17) is 10.9 Å². The third-order valence-electron chi connectivity index (χ3n) is 4.11. The van der Waals surface area contributed by atoms with E-state index >= 15 is 0 Å². The first-order valence-corrected chi connectivity index (χ1v) is 6.24. The maximum absolute atomic E-state index is 12.4. The molecule has 0 aliphatic heterocycles. The number of hydrogen-bond acceptors (Lipinski definition) is 3. The lowest BCUT2D eigenvalue weighted by molar-refractivity contribution is -0.130. The van der Waals surface area contributed by atoms with E-state index in [-0.39, 0.29) is 17.3 Å². The summed E-state index contributed by atoms with van der Waals surface area (Å²) in [6.45, 7) is 5.80. The quantitative estimate of drug-likeness (QED) is 0.296. The molecule has 98 valence electrons. The summed E-state index contributed by atoms with van der Waals surface area (Å²) >= 11 is 0. The first-order chi connectivity index (χ1) is 7.94. The van der Waals surface area contributed by atoms with Crippen LogP contribution in [-0.4, -0.2) is 22.5 Å². The fourth-order valence-electron chi connectivity index (χ4n) is 2.37. The predicted octanol–water partition coefficient (Wildman–Crippen LogP) is 1.60. The summed E-state index contributed by atoms with van der Waals surface area (Å²) in [7, 11) is 0. The van der Waals surface area contributed by atoms with Crippen molar-refractivity contribution < 1.29 is 10.0 Å². The number of hydrogen-bond donors (Lipinski definition) is 3. The van der Waals surface area contributed by atoms with Gasteiger partial charge in [-0.2, -0.15) is 0 Å². The van der Waals surface area contributed by atoms with Crippen molar-refractivity contribution in [1.29, 1.82) is 0 Å². The Kier molecular flexibility index (Phi) is 4.01. The summed E-state index contributed by atoms with van der Waals surface area (Å²) in [6, 6.07) is 0. The number of nitrogens with zero attached hydrogens (tertiary/aromatic N) is 1. The van der Waals surface area contributed by atoms with Gasteiger partial charge in [-0.05, 0) is 39.0 Å². The van der Waals surface area contributed by atoms with Crippen LogP contribution in [0.4, 0.5) is 0 Å². The van der Waals surface area contributed by atoms with Crippen LogP contribution >= 0.6 is 0 Å². The van der Waals surface area contributed by atoms with E-state index in [1.807, 2.05) is 20.8 Å². The Balaban J connectivity index is 2.87. The van der Waals surface area contributed by atoms with E-state index in [9.17, 15) is 4.79 Å². The van der Waals surface area contributed by atoms with Crippen LogP contribution in [0, 0.1) is 5.41 Å². The number of nitrogens with two attached hydrogens (primary N) is 1. The Morgan fingerprint density at radius 3 is 2.29 bits per heavy atom. The maximum Gasteiger partial charge on any atom is 0.234 e. The zero-order valence-corrected chi connectivity index (χ0v) is 10.9. The van der Waals surface area contributed by atoms with Crippen molar-refractivity contribution in [2.75, 3.05) is 0 Å². The second-order valence-electron chi connectivity index (χ2n) is 5.14. The van der Waals surface area contributed by atoms with Gasteiger partial charge in [0.05, 0.1) is 0 Å². The molecule has 1 aliphatic carbocycles.